The molecule has 3 aromatic rings. The second kappa shape index (κ2) is 8.64. The number of halogens is 1. The summed E-state index contributed by atoms with van der Waals surface area (Å²) >= 11 is 0. The van der Waals surface area contributed by atoms with E-state index in [1.807, 2.05) is 6.07 Å². The number of ether oxygens (including phenoxy) is 1. The highest BCUT2D eigenvalue weighted by atomic mass is 35.5. The lowest BCUT2D eigenvalue weighted by atomic mass is 9.99. The van der Waals surface area contributed by atoms with E-state index in [0.29, 0.717) is 0 Å². The predicted octanol–water partition coefficient (Wildman–Crippen LogP) is 4.83. The summed E-state index contributed by atoms with van der Waals surface area (Å²) in [4.78, 5) is 2.56. The molecule has 0 atom stereocenters. The van der Waals surface area contributed by atoms with Gasteiger partial charge in [-0.1, -0.05) is 36.4 Å². The summed E-state index contributed by atoms with van der Waals surface area (Å²) in [7, 11) is 1.72. The quantitative estimate of drug-likeness (QED) is 0.628. The summed E-state index contributed by atoms with van der Waals surface area (Å²) in [5.74, 6) is 0.916. The van der Waals surface area contributed by atoms with Gasteiger partial charge in [-0.2, -0.15) is 0 Å². The standard InChI is InChI=1S/C23H26N2O.ClH/c1-18-21(16-24-12-10-20-7-3-4-8-22(20)17-24)11-13-25(18)15-19-6-5-9-23(14-19)26-2;/h3-9,11,13-14H,10,12,15-17H2,1-2H3;1H. The molecule has 0 saturated heterocycles. The molecule has 1 aliphatic heterocycles. The Morgan fingerprint density at radius 3 is 2.59 bits per heavy atom. The molecule has 0 saturated carbocycles. The number of aromatic nitrogens is 1. The molecule has 0 unspecified atom stereocenters. The molecular weight excluding hydrogens is 356 g/mol. The van der Waals surface area contributed by atoms with Crippen LogP contribution in [-0.4, -0.2) is 23.1 Å². The van der Waals surface area contributed by atoms with Crippen molar-refractivity contribution in [3.63, 3.8) is 0 Å². The van der Waals surface area contributed by atoms with Crippen LogP contribution in [0.3, 0.4) is 0 Å². The van der Waals surface area contributed by atoms with Gasteiger partial charge in [-0.15, -0.1) is 12.4 Å². The molecule has 0 radical (unpaired) electrons. The first-order valence-corrected chi connectivity index (χ1v) is 9.29. The van der Waals surface area contributed by atoms with Crippen molar-refractivity contribution in [3.8, 4) is 5.75 Å². The summed E-state index contributed by atoms with van der Waals surface area (Å²) in [6, 6.07) is 19.4. The number of hydrogen-bond donors (Lipinski definition) is 0. The minimum atomic E-state index is 0. The average Bonchev–Trinajstić information content (AvgIpc) is 3.01. The fourth-order valence-corrected chi connectivity index (χ4v) is 3.83. The van der Waals surface area contributed by atoms with Crippen LogP contribution in [0.1, 0.15) is 27.9 Å². The molecule has 0 aliphatic carbocycles. The molecule has 3 nitrogen and oxygen atoms in total. The normalized spacial score (nSPS) is 13.7. The van der Waals surface area contributed by atoms with Crippen LogP contribution in [0.2, 0.25) is 0 Å². The Bertz CT molecular complexity index is 903. The Kier molecular flexibility index (Phi) is 6.25. The highest BCUT2D eigenvalue weighted by Crippen LogP contribution is 2.22. The second-order valence-electron chi connectivity index (χ2n) is 7.14. The van der Waals surface area contributed by atoms with Crippen LogP contribution in [0.4, 0.5) is 0 Å². The maximum absolute atomic E-state index is 5.34. The van der Waals surface area contributed by atoms with Crippen molar-refractivity contribution in [2.75, 3.05) is 13.7 Å². The van der Waals surface area contributed by atoms with E-state index in [9.17, 15) is 0 Å². The van der Waals surface area contributed by atoms with Crippen molar-refractivity contribution in [1.82, 2.24) is 9.47 Å². The lowest BCUT2D eigenvalue weighted by molar-refractivity contribution is 0.245. The number of fused-ring (bicyclic) bond motifs is 1. The van der Waals surface area contributed by atoms with Crippen LogP contribution in [0.15, 0.2) is 60.8 Å². The zero-order valence-electron chi connectivity index (χ0n) is 16.0. The van der Waals surface area contributed by atoms with E-state index < -0.39 is 0 Å². The fraction of sp³-hybridized carbons (Fsp3) is 0.304. The van der Waals surface area contributed by atoms with Gasteiger partial charge < -0.3 is 9.30 Å². The van der Waals surface area contributed by atoms with Crippen molar-refractivity contribution in [1.29, 1.82) is 0 Å². The number of rotatable bonds is 5. The van der Waals surface area contributed by atoms with Gasteiger partial charge in [0.2, 0.25) is 0 Å². The van der Waals surface area contributed by atoms with E-state index in [4.69, 9.17) is 4.74 Å². The molecule has 4 rings (SSSR count). The summed E-state index contributed by atoms with van der Waals surface area (Å²) in [5.41, 5.74) is 7.03. The third kappa shape index (κ3) is 4.37. The van der Waals surface area contributed by atoms with Gasteiger partial charge >= 0.3 is 0 Å². The monoisotopic (exact) mass is 382 g/mol. The third-order valence-corrected chi connectivity index (χ3v) is 5.44. The van der Waals surface area contributed by atoms with Crippen molar-refractivity contribution in [2.45, 2.75) is 33.0 Å². The zero-order chi connectivity index (χ0) is 17.9. The van der Waals surface area contributed by atoms with Gasteiger partial charge in [0, 0.05) is 38.1 Å². The molecule has 0 N–H and O–H groups in total. The van der Waals surface area contributed by atoms with Crippen molar-refractivity contribution in [2.24, 2.45) is 0 Å². The molecule has 4 heteroatoms. The predicted molar refractivity (Wildman–Crippen MR) is 113 cm³/mol. The lowest BCUT2D eigenvalue weighted by Crippen LogP contribution is -2.30. The van der Waals surface area contributed by atoms with Crippen molar-refractivity contribution in [3.05, 3.63) is 88.7 Å². The summed E-state index contributed by atoms with van der Waals surface area (Å²) in [6.07, 6.45) is 3.36. The van der Waals surface area contributed by atoms with Gasteiger partial charge in [0.15, 0.2) is 0 Å². The molecule has 2 heterocycles. The van der Waals surface area contributed by atoms with Gasteiger partial charge in [0.1, 0.15) is 5.75 Å². The van der Waals surface area contributed by atoms with Gasteiger partial charge in [-0.25, -0.2) is 0 Å². The van der Waals surface area contributed by atoms with E-state index >= 15 is 0 Å². The Hall–Kier alpha value is -2.23. The average molecular weight is 383 g/mol. The summed E-state index contributed by atoms with van der Waals surface area (Å²) in [6.45, 7) is 6.32. The SMILES string of the molecule is COc1cccc(Cn2ccc(CN3CCc4ccccc4C3)c2C)c1.Cl. The fourth-order valence-electron chi connectivity index (χ4n) is 3.83. The minimum absolute atomic E-state index is 0. The van der Waals surface area contributed by atoms with Gasteiger partial charge in [-0.3, -0.25) is 4.90 Å². The van der Waals surface area contributed by atoms with Crippen LogP contribution in [0.25, 0.3) is 0 Å². The molecule has 2 aromatic carbocycles. The van der Waals surface area contributed by atoms with E-state index in [2.05, 4.69) is 71.1 Å². The summed E-state index contributed by atoms with van der Waals surface area (Å²) < 4.78 is 7.68. The van der Waals surface area contributed by atoms with E-state index in [0.717, 1.165) is 38.3 Å². The number of methoxy groups -OCH3 is 1. The van der Waals surface area contributed by atoms with Crippen LogP contribution in [0.5, 0.6) is 5.75 Å². The molecule has 1 aliphatic rings. The first-order valence-electron chi connectivity index (χ1n) is 9.29. The molecule has 0 bridgehead atoms. The molecule has 1 aromatic heterocycles. The minimum Gasteiger partial charge on any atom is -0.497 e. The van der Waals surface area contributed by atoms with Gasteiger partial charge in [-0.05, 0) is 53.8 Å². The second-order valence-corrected chi connectivity index (χ2v) is 7.14. The van der Waals surface area contributed by atoms with Crippen LogP contribution in [-0.2, 0) is 26.1 Å². The molecule has 0 amide bonds. The number of hydrogen-bond acceptors (Lipinski definition) is 2. The number of nitrogens with zero attached hydrogens (tertiary/aromatic N) is 2. The molecular formula is C23H27ClN2O. The van der Waals surface area contributed by atoms with E-state index in [-0.39, 0.29) is 12.4 Å². The van der Waals surface area contributed by atoms with E-state index in [1.165, 1.54) is 27.9 Å². The highest BCUT2D eigenvalue weighted by molar-refractivity contribution is 5.85. The Labute approximate surface area is 168 Å². The first-order chi connectivity index (χ1) is 12.7. The Morgan fingerprint density at radius 2 is 1.78 bits per heavy atom. The van der Waals surface area contributed by atoms with Crippen LogP contribution < -0.4 is 4.74 Å². The maximum Gasteiger partial charge on any atom is 0.119 e. The van der Waals surface area contributed by atoms with Gasteiger partial charge in [0.25, 0.3) is 0 Å². The molecule has 0 spiro atoms. The van der Waals surface area contributed by atoms with Crippen molar-refractivity contribution >= 4 is 12.4 Å². The van der Waals surface area contributed by atoms with E-state index in [1.54, 1.807) is 7.11 Å². The largest absolute Gasteiger partial charge is 0.497 e. The first kappa shape index (κ1) is 19.5. The molecule has 142 valence electrons. The summed E-state index contributed by atoms with van der Waals surface area (Å²) in [5, 5.41) is 0. The highest BCUT2D eigenvalue weighted by Gasteiger charge is 2.17. The maximum atomic E-state index is 5.34. The smallest absolute Gasteiger partial charge is 0.119 e. The lowest BCUT2D eigenvalue weighted by Gasteiger charge is -2.28. The Balaban J connectivity index is 0.00000210. The third-order valence-electron chi connectivity index (χ3n) is 5.44. The zero-order valence-corrected chi connectivity index (χ0v) is 16.8. The van der Waals surface area contributed by atoms with Crippen LogP contribution >= 0.6 is 12.4 Å². The van der Waals surface area contributed by atoms with Crippen molar-refractivity contribution < 1.29 is 4.74 Å². The van der Waals surface area contributed by atoms with Crippen LogP contribution in [0, 0.1) is 6.92 Å². The van der Waals surface area contributed by atoms with Gasteiger partial charge in [0.05, 0.1) is 7.11 Å². The number of benzene rings is 2. The molecule has 0 fully saturated rings. The molecule has 27 heavy (non-hydrogen) atoms. The topological polar surface area (TPSA) is 17.4 Å². The Morgan fingerprint density at radius 1 is 0.963 bits per heavy atom.